The minimum atomic E-state index is 0.318. The molecule has 0 amide bonds. The van der Waals surface area contributed by atoms with Gasteiger partial charge in [-0.1, -0.05) is 19.3 Å². The van der Waals surface area contributed by atoms with Gasteiger partial charge in [-0.15, -0.1) is 0 Å². The molecule has 3 aliphatic rings. The first kappa shape index (κ1) is 21.8. The van der Waals surface area contributed by atoms with E-state index in [9.17, 15) is 0 Å². The van der Waals surface area contributed by atoms with E-state index in [-0.39, 0.29) is 0 Å². The first-order chi connectivity index (χ1) is 13.8. The summed E-state index contributed by atoms with van der Waals surface area (Å²) in [7, 11) is 1.86. The summed E-state index contributed by atoms with van der Waals surface area (Å²) < 4.78 is 17.3. The molecule has 2 unspecified atom stereocenters. The van der Waals surface area contributed by atoms with Crippen molar-refractivity contribution in [2.45, 2.75) is 76.9 Å². The lowest BCUT2D eigenvalue weighted by Crippen LogP contribution is -2.66. The van der Waals surface area contributed by atoms with Gasteiger partial charge in [-0.2, -0.15) is 0 Å². The summed E-state index contributed by atoms with van der Waals surface area (Å²) in [6.07, 6.45) is 11.4. The van der Waals surface area contributed by atoms with Crippen molar-refractivity contribution in [2.24, 2.45) is 16.3 Å². The Morgan fingerprint density at radius 1 is 1.18 bits per heavy atom. The highest BCUT2D eigenvalue weighted by Gasteiger charge is 2.55. The topological polar surface area (TPSA) is 64.1 Å². The van der Waals surface area contributed by atoms with Gasteiger partial charge >= 0.3 is 0 Å². The van der Waals surface area contributed by atoms with E-state index in [1.165, 1.54) is 32.1 Å². The van der Waals surface area contributed by atoms with Crippen LogP contribution in [0.25, 0.3) is 0 Å². The van der Waals surface area contributed by atoms with E-state index in [0.29, 0.717) is 23.5 Å². The Balaban J connectivity index is 1.33. The van der Waals surface area contributed by atoms with Crippen LogP contribution in [0.1, 0.15) is 64.7 Å². The molecule has 0 bridgehead atoms. The van der Waals surface area contributed by atoms with E-state index in [1.807, 2.05) is 7.05 Å². The molecular weight excluding hydrogens is 354 g/mol. The summed E-state index contributed by atoms with van der Waals surface area (Å²) in [5, 5.41) is 7.17. The quantitative estimate of drug-likeness (QED) is 0.357. The van der Waals surface area contributed by atoms with Crippen LogP contribution in [-0.2, 0) is 14.2 Å². The molecule has 162 valence electrons. The SMILES string of the molecule is CCOC1CC(NC(=NC)NCCCOCC2CCOCC2)C12CCCCC2. The maximum Gasteiger partial charge on any atom is 0.191 e. The van der Waals surface area contributed by atoms with Crippen LogP contribution < -0.4 is 10.6 Å². The molecule has 1 heterocycles. The largest absolute Gasteiger partial charge is 0.381 e. The van der Waals surface area contributed by atoms with E-state index >= 15 is 0 Å². The molecule has 0 aromatic carbocycles. The van der Waals surface area contributed by atoms with E-state index in [0.717, 1.165) is 71.2 Å². The van der Waals surface area contributed by atoms with Gasteiger partial charge in [-0.05, 0) is 51.4 Å². The van der Waals surface area contributed by atoms with Gasteiger partial charge < -0.3 is 24.8 Å². The van der Waals surface area contributed by atoms with Gasteiger partial charge in [0.05, 0.1) is 6.10 Å². The first-order valence-corrected chi connectivity index (χ1v) is 11.5. The molecule has 3 rings (SSSR count). The third-order valence-electron chi connectivity index (χ3n) is 6.92. The average Bonchev–Trinajstić information content (AvgIpc) is 2.75. The van der Waals surface area contributed by atoms with Gasteiger partial charge in [0.1, 0.15) is 0 Å². The summed E-state index contributed by atoms with van der Waals surface area (Å²) in [5.74, 6) is 1.61. The summed E-state index contributed by atoms with van der Waals surface area (Å²) in [6, 6.07) is 0.486. The van der Waals surface area contributed by atoms with Crippen molar-refractivity contribution in [3.8, 4) is 0 Å². The van der Waals surface area contributed by atoms with Gasteiger partial charge in [0.25, 0.3) is 0 Å². The molecule has 2 atom stereocenters. The van der Waals surface area contributed by atoms with Crippen LogP contribution in [-0.4, -0.2) is 64.7 Å². The smallest absolute Gasteiger partial charge is 0.191 e. The zero-order valence-corrected chi connectivity index (χ0v) is 18.0. The predicted octanol–water partition coefficient (Wildman–Crippen LogP) is 3.11. The standard InChI is InChI=1S/C22H41N3O3/c1-3-28-20-16-19(22(20)10-5-4-6-11-22)25-21(23-2)24-12-7-13-27-17-18-8-14-26-15-9-18/h18-20H,3-17H2,1-2H3,(H2,23,24,25). The van der Waals surface area contributed by atoms with Gasteiger partial charge in [-0.3, -0.25) is 4.99 Å². The molecule has 0 aromatic heterocycles. The summed E-state index contributed by atoms with van der Waals surface area (Å²) in [6.45, 7) is 7.29. The number of nitrogens with zero attached hydrogens (tertiary/aromatic N) is 1. The summed E-state index contributed by atoms with van der Waals surface area (Å²) in [5.41, 5.74) is 0.318. The molecule has 1 aliphatic heterocycles. The molecule has 1 spiro atoms. The van der Waals surface area contributed by atoms with Crippen molar-refractivity contribution in [3.63, 3.8) is 0 Å². The maximum absolute atomic E-state index is 6.07. The van der Waals surface area contributed by atoms with Crippen LogP contribution in [0.4, 0.5) is 0 Å². The highest BCUT2D eigenvalue weighted by Crippen LogP contribution is 2.53. The summed E-state index contributed by atoms with van der Waals surface area (Å²) >= 11 is 0. The third kappa shape index (κ3) is 5.61. The number of guanidine groups is 1. The Kier molecular flexibility index (Phi) is 8.87. The Morgan fingerprint density at radius 2 is 1.96 bits per heavy atom. The second kappa shape index (κ2) is 11.4. The number of hydrogen-bond donors (Lipinski definition) is 2. The average molecular weight is 396 g/mol. The van der Waals surface area contributed by atoms with Crippen molar-refractivity contribution in [3.05, 3.63) is 0 Å². The van der Waals surface area contributed by atoms with Crippen molar-refractivity contribution < 1.29 is 14.2 Å². The molecule has 2 aliphatic carbocycles. The van der Waals surface area contributed by atoms with E-state index in [1.54, 1.807) is 0 Å². The molecule has 0 aromatic rings. The van der Waals surface area contributed by atoms with Crippen LogP contribution in [0.3, 0.4) is 0 Å². The van der Waals surface area contributed by atoms with Crippen molar-refractivity contribution in [2.75, 3.05) is 46.6 Å². The van der Waals surface area contributed by atoms with Crippen molar-refractivity contribution in [1.29, 1.82) is 0 Å². The van der Waals surface area contributed by atoms with Crippen LogP contribution >= 0.6 is 0 Å². The van der Waals surface area contributed by atoms with E-state index in [4.69, 9.17) is 14.2 Å². The number of hydrogen-bond acceptors (Lipinski definition) is 4. The van der Waals surface area contributed by atoms with E-state index in [2.05, 4.69) is 22.5 Å². The number of nitrogens with one attached hydrogen (secondary N) is 2. The highest BCUT2D eigenvalue weighted by molar-refractivity contribution is 5.80. The Labute approximate surface area is 171 Å². The molecule has 3 fully saturated rings. The van der Waals surface area contributed by atoms with E-state index < -0.39 is 0 Å². The number of rotatable bonds is 9. The fourth-order valence-electron chi connectivity index (χ4n) is 5.17. The molecule has 2 saturated carbocycles. The summed E-state index contributed by atoms with van der Waals surface area (Å²) in [4.78, 5) is 4.45. The Bertz CT molecular complexity index is 474. The van der Waals surface area contributed by atoms with Crippen LogP contribution in [0.5, 0.6) is 0 Å². The first-order valence-electron chi connectivity index (χ1n) is 11.5. The van der Waals surface area contributed by atoms with Gasteiger partial charge in [0.15, 0.2) is 5.96 Å². The maximum atomic E-state index is 6.07. The molecule has 6 heteroatoms. The minimum absolute atomic E-state index is 0.318. The zero-order valence-electron chi connectivity index (χ0n) is 18.0. The van der Waals surface area contributed by atoms with Crippen molar-refractivity contribution in [1.82, 2.24) is 10.6 Å². The fourth-order valence-corrected chi connectivity index (χ4v) is 5.17. The molecule has 28 heavy (non-hydrogen) atoms. The second-order valence-electron chi connectivity index (χ2n) is 8.65. The molecule has 1 saturated heterocycles. The second-order valence-corrected chi connectivity index (χ2v) is 8.65. The lowest BCUT2D eigenvalue weighted by molar-refractivity contribution is -0.145. The van der Waals surface area contributed by atoms with Crippen LogP contribution in [0.2, 0.25) is 0 Å². The Morgan fingerprint density at radius 3 is 2.68 bits per heavy atom. The molecular formula is C22H41N3O3. The molecule has 6 nitrogen and oxygen atoms in total. The number of ether oxygens (including phenoxy) is 3. The van der Waals surface area contributed by atoms with Gasteiger partial charge in [0, 0.05) is 58.1 Å². The Hall–Kier alpha value is -0.850. The monoisotopic (exact) mass is 395 g/mol. The van der Waals surface area contributed by atoms with Gasteiger partial charge in [-0.25, -0.2) is 0 Å². The minimum Gasteiger partial charge on any atom is -0.381 e. The normalized spacial score (nSPS) is 28.1. The third-order valence-corrected chi connectivity index (χ3v) is 6.92. The fraction of sp³-hybridized carbons (Fsp3) is 0.955. The molecule has 2 N–H and O–H groups in total. The lowest BCUT2D eigenvalue weighted by atomic mass is 9.55. The van der Waals surface area contributed by atoms with Crippen LogP contribution in [0.15, 0.2) is 4.99 Å². The zero-order chi connectivity index (χ0) is 19.7. The van der Waals surface area contributed by atoms with Gasteiger partial charge in [0.2, 0.25) is 0 Å². The van der Waals surface area contributed by atoms with Crippen molar-refractivity contribution >= 4 is 5.96 Å². The number of aliphatic imine (C=N–C) groups is 1. The highest BCUT2D eigenvalue weighted by atomic mass is 16.5. The molecule has 0 radical (unpaired) electrons. The van der Waals surface area contributed by atoms with Crippen LogP contribution in [0, 0.1) is 11.3 Å². The predicted molar refractivity (Wildman–Crippen MR) is 113 cm³/mol. The lowest BCUT2D eigenvalue weighted by Gasteiger charge is -2.57.